The van der Waals surface area contributed by atoms with Gasteiger partial charge < -0.3 is 5.32 Å². The van der Waals surface area contributed by atoms with Crippen LogP contribution in [0.3, 0.4) is 0 Å². The van der Waals surface area contributed by atoms with Gasteiger partial charge in [-0.2, -0.15) is 0 Å². The second-order valence-electron chi connectivity index (χ2n) is 3.76. The van der Waals surface area contributed by atoms with Crippen LogP contribution in [0.25, 0.3) is 10.6 Å². The van der Waals surface area contributed by atoms with Crippen molar-refractivity contribution in [3.8, 4) is 10.6 Å². The normalized spacial score (nSPS) is 16.1. The van der Waals surface area contributed by atoms with Crippen LogP contribution in [-0.4, -0.2) is 23.1 Å². The predicted molar refractivity (Wildman–Crippen MR) is 66.0 cm³/mol. The van der Waals surface area contributed by atoms with E-state index in [1.54, 1.807) is 11.3 Å². The number of hydrogen-bond donors (Lipinski definition) is 1. The van der Waals surface area contributed by atoms with Crippen LogP contribution in [-0.2, 0) is 0 Å². The summed E-state index contributed by atoms with van der Waals surface area (Å²) in [6.45, 7) is 1.96. The molecule has 5 heteroatoms. The monoisotopic (exact) mass is 251 g/mol. The third kappa shape index (κ3) is 1.84. The van der Waals surface area contributed by atoms with Crippen molar-refractivity contribution in [3.63, 3.8) is 0 Å². The third-order valence-electron chi connectivity index (χ3n) is 2.65. The fourth-order valence-electron chi connectivity index (χ4n) is 1.63. The molecule has 0 aliphatic carbocycles. The van der Waals surface area contributed by atoms with E-state index in [1.807, 2.05) is 24.4 Å². The molecule has 0 unspecified atom stereocenters. The Bertz CT molecular complexity index is 507. The molecule has 1 N–H and O–H groups in total. The van der Waals surface area contributed by atoms with Crippen molar-refractivity contribution in [2.45, 2.75) is 5.92 Å². The van der Waals surface area contributed by atoms with Crippen LogP contribution in [0.4, 0.5) is 0 Å². The van der Waals surface area contributed by atoms with E-state index in [2.05, 4.69) is 15.3 Å². The van der Waals surface area contributed by atoms with E-state index in [1.165, 1.54) is 0 Å². The zero-order chi connectivity index (χ0) is 11.0. The summed E-state index contributed by atoms with van der Waals surface area (Å²) in [5, 5.41) is 3.22. The van der Waals surface area contributed by atoms with Gasteiger partial charge in [0.25, 0.3) is 0 Å². The maximum absolute atomic E-state index is 5.92. The molecule has 3 heterocycles. The van der Waals surface area contributed by atoms with Gasteiger partial charge in [-0.1, -0.05) is 11.6 Å². The summed E-state index contributed by atoms with van der Waals surface area (Å²) in [7, 11) is 0. The molecule has 1 fully saturated rings. The average molecular weight is 252 g/mol. The van der Waals surface area contributed by atoms with E-state index in [0.717, 1.165) is 33.8 Å². The SMILES string of the molecule is Clc1ccc(-c2ccnc(C3CNC3)n2)s1. The molecule has 0 aromatic carbocycles. The Hall–Kier alpha value is -0.970. The van der Waals surface area contributed by atoms with E-state index >= 15 is 0 Å². The molecule has 1 saturated heterocycles. The molecule has 1 aliphatic rings. The van der Waals surface area contributed by atoms with Crippen molar-refractivity contribution in [3.05, 3.63) is 34.6 Å². The van der Waals surface area contributed by atoms with Gasteiger partial charge in [0.1, 0.15) is 5.82 Å². The zero-order valence-electron chi connectivity index (χ0n) is 8.48. The molecule has 3 nitrogen and oxygen atoms in total. The van der Waals surface area contributed by atoms with Gasteiger partial charge in [-0.3, -0.25) is 0 Å². The van der Waals surface area contributed by atoms with Crippen LogP contribution in [0, 0.1) is 0 Å². The summed E-state index contributed by atoms with van der Waals surface area (Å²) < 4.78 is 0.792. The zero-order valence-corrected chi connectivity index (χ0v) is 10.1. The molecule has 0 radical (unpaired) electrons. The summed E-state index contributed by atoms with van der Waals surface area (Å²) in [5.41, 5.74) is 0.966. The average Bonchev–Trinajstić information content (AvgIpc) is 2.63. The fourth-order valence-corrected chi connectivity index (χ4v) is 2.64. The molecular weight excluding hydrogens is 242 g/mol. The second-order valence-corrected chi connectivity index (χ2v) is 5.47. The molecule has 16 heavy (non-hydrogen) atoms. The van der Waals surface area contributed by atoms with Crippen molar-refractivity contribution in [1.29, 1.82) is 0 Å². The lowest BCUT2D eigenvalue weighted by Gasteiger charge is -2.25. The van der Waals surface area contributed by atoms with E-state index in [-0.39, 0.29) is 0 Å². The predicted octanol–water partition coefficient (Wildman–Crippen LogP) is 2.55. The quantitative estimate of drug-likeness (QED) is 0.892. The topological polar surface area (TPSA) is 37.8 Å². The Balaban J connectivity index is 1.95. The van der Waals surface area contributed by atoms with Gasteiger partial charge >= 0.3 is 0 Å². The lowest BCUT2D eigenvalue weighted by molar-refractivity contribution is 0.430. The molecule has 0 bridgehead atoms. The molecule has 0 saturated carbocycles. The largest absolute Gasteiger partial charge is 0.315 e. The smallest absolute Gasteiger partial charge is 0.134 e. The summed E-state index contributed by atoms with van der Waals surface area (Å²) in [6, 6.07) is 5.82. The van der Waals surface area contributed by atoms with Crippen molar-refractivity contribution >= 4 is 22.9 Å². The standard InChI is InChI=1S/C11H10ClN3S/c12-10-2-1-9(16-10)8-3-4-14-11(15-8)7-5-13-6-7/h1-4,7,13H,5-6H2. The van der Waals surface area contributed by atoms with Gasteiger partial charge in [0, 0.05) is 25.2 Å². The number of thiophene rings is 1. The summed E-state index contributed by atoms with van der Waals surface area (Å²) >= 11 is 7.46. The molecule has 82 valence electrons. The number of rotatable bonds is 2. The Morgan fingerprint density at radius 3 is 2.81 bits per heavy atom. The summed E-state index contributed by atoms with van der Waals surface area (Å²) in [6.07, 6.45) is 1.82. The molecule has 2 aromatic rings. The van der Waals surface area contributed by atoms with Gasteiger partial charge in [0.2, 0.25) is 0 Å². The van der Waals surface area contributed by atoms with Crippen LogP contribution in [0.15, 0.2) is 24.4 Å². The Morgan fingerprint density at radius 2 is 2.19 bits per heavy atom. The van der Waals surface area contributed by atoms with Crippen molar-refractivity contribution in [1.82, 2.24) is 15.3 Å². The Morgan fingerprint density at radius 1 is 1.31 bits per heavy atom. The van der Waals surface area contributed by atoms with Crippen molar-refractivity contribution in [2.75, 3.05) is 13.1 Å². The number of nitrogens with one attached hydrogen (secondary N) is 1. The lowest BCUT2D eigenvalue weighted by atomic mass is 10.0. The Kier molecular flexibility index (Phi) is 2.63. The minimum absolute atomic E-state index is 0.468. The number of aromatic nitrogens is 2. The first-order valence-electron chi connectivity index (χ1n) is 5.12. The van der Waals surface area contributed by atoms with E-state index in [4.69, 9.17) is 11.6 Å². The van der Waals surface area contributed by atoms with Crippen LogP contribution in [0.5, 0.6) is 0 Å². The van der Waals surface area contributed by atoms with Gasteiger partial charge in [-0.05, 0) is 18.2 Å². The molecule has 0 amide bonds. The van der Waals surface area contributed by atoms with Crippen LogP contribution < -0.4 is 5.32 Å². The first-order valence-corrected chi connectivity index (χ1v) is 6.32. The van der Waals surface area contributed by atoms with E-state index < -0.39 is 0 Å². The number of hydrogen-bond acceptors (Lipinski definition) is 4. The van der Waals surface area contributed by atoms with Gasteiger partial charge in [0.15, 0.2) is 0 Å². The van der Waals surface area contributed by atoms with Crippen LogP contribution >= 0.6 is 22.9 Å². The molecule has 2 aromatic heterocycles. The minimum atomic E-state index is 0.468. The molecule has 3 rings (SSSR count). The van der Waals surface area contributed by atoms with Gasteiger partial charge in [-0.25, -0.2) is 9.97 Å². The maximum atomic E-state index is 5.92. The van der Waals surface area contributed by atoms with Gasteiger partial charge in [-0.15, -0.1) is 11.3 Å². The highest BCUT2D eigenvalue weighted by Gasteiger charge is 2.21. The fraction of sp³-hybridized carbons (Fsp3) is 0.273. The summed E-state index contributed by atoms with van der Waals surface area (Å²) in [4.78, 5) is 9.99. The maximum Gasteiger partial charge on any atom is 0.134 e. The minimum Gasteiger partial charge on any atom is -0.315 e. The second kappa shape index (κ2) is 4.13. The molecule has 0 spiro atoms. The van der Waals surface area contributed by atoms with E-state index in [9.17, 15) is 0 Å². The third-order valence-corrected chi connectivity index (χ3v) is 3.90. The Labute approximate surface area is 103 Å². The highest BCUT2D eigenvalue weighted by atomic mass is 35.5. The first kappa shape index (κ1) is 10.2. The number of halogens is 1. The lowest BCUT2D eigenvalue weighted by Crippen LogP contribution is -2.40. The van der Waals surface area contributed by atoms with Crippen molar-refractivity contribution in [2.24, 2.45) is 0 Å². The molecular formula is C11H10ClN3S. The van der Waals surface area contributed by atoms with Crippen molar-refractivity contribution < 1.29 is 0 Å². The highest BCUT2D eigenvalue weighted by Crippen LogP contribution is 2.30. The first-order chi connectivity index (χ1) is 7.83. The highest BCUT2D eigenvalue weighted by molar-refractivity contribution is 7.19. The summed E-state index contributed by atoms with van der Waals surface area (Å²) in [5.74, 6) is 1.40. The molecule has 1 aliphatic heterocycles. The van der Waals surface area contributed by atoms with E-state index in [0.29, 0.717) is 5.92 Å². The van der Waals surface area contributed by atoms with Gasteiger partial charge in [0.05, 0.1) is 14.9 Å². The van der Waals surface area contributed by atoms with Crippen LogP contribution in [0.2, 0.25) is 4.34 Å². The molecule has 0 atom stereocenters. The van der Waals surface area contributed by atoms with Crippen LogP contribution in [0.1, 0.15) is 11.7 Å². The number of nitrogens with zero attached hydrogens (tertiary/aromatic N) is 2.